The van der Waals surface area contributed by atoms with Gasteiger partial charge >= 0.3 is 0 Å². The number of carbonyl (C=O) groups excluding carboxylic acids is 1. The van der Waals surface area contributed by atoms with Crippen LogP contribution < -0.4 is 5.32 Å². The maximum Gasteiger partial charge on any atom is 0.251 e. The number of alkyl halides is 1. The Labute approximate surface area is 115 Å². The van der Waals surface area contributed by atoms with Crippen molar-refractivity contribution in [3.63, 3.8) is 0 Å². The second kappa shape index (κ2) is 7.26. The van der Waals surface area contributed by atoms with Gasteiger partial charge in [0.25, 0.3) is 5.91 Å². The highest BCUT2D eigenvalue weighted by atomic mass is 79.9. The van der Waals surface area contributed by atoms with Crippen LogP contribution in [0.25, 0.3) is 0 Å². The molecule has 0 spiro atoms. The largest absolute Gasteiger partial charge is 0.508 e. The number of hydrogen-bond acceptors (Lipinski definition) is 3. The van der Waals surface area contributed by atoms with E-state index in [0.717, 1.165) is 18.2 Å². The Bertz CT molecular complexity index is 389. The summed E-state index contributed by atoms with van der Waals surface area (Å²) in [4.78, 5) is 11.7. The highest BCUT2D eigenvalue weighted by Crippen LogP contribution is 2.20. The molecule has 1 atom stereocenters. The molecular weight excluding hydrogens is 298 g/mol. The van der Waals surface area contributed by atoms with Gasteiger partial charge in [0, 0.05) is 23.5 Å². The number of aromatic hydroxyl groups is 2. The van der Waals surface area contributed by atoms with Crippen LogP contribution in [0.15, 0.2) is 18.2 Å². The molecule has 100 valence electrons. The minimum atomic E-state index is -0.285. The molecule has 0 radical (unpaired) electrons. The van der Waals surface area contributed by atoms with Crippen LogP contribution in [0.1, 0.15) is 30.1 Å². The molecule has 0 bridgehead atoms. The van der Waals surface area contributed by atoms with Gasteiger partial charge in [0.1, 0.15) is 11.5 Å². The van der Waals surface area contributed by atoms with E-state index in [1.54, 1.807) is 0 Å². The third-order valence-electron chi connectivity index (χ3n) is 2.59. The Kier molecular flexibility index (Phi) is 5.98. The van der Waals surface area contributed by atoms with Gasteiger partial charge in [-0.15, -0.1) is 0 Å². The van der Waals surface area contributed by atoms with E-state index < -0.39 is 0 Å². The SMILES string of the molecule is CC(CBr)CCCNC(=O)c1cc(O)cc(O)c1. The van der Waals surface area contributed by atoms with Crippen molar-refractivity contribution in [2.75, 3.05) is 11.9 Å². The number of amides is 1. The van der Waals surface area contributed by atoms with Crippen LogP contribution in [0.5, 0.6) is 11.5 Å². The Morgan fingerprint density at radius 2 is 1.94 bits per heavy atom. The van der Waals surface area contributed by atoms with Gasteiger partial charge in [-0.2, -0.15) is 0 Å². The van der Waals surface area contributed by atoms with Crippen molar-refractivity contribution >= 4 is 21.8 Å². The predicted octanol–water partition coefficient (Wildman–Crippen LogP) is 2.64. The molecule has 0 aliphatic rings. The van der Waals surface area contributed by atoms with Gasteiger partial charge in [0.15, 0.2) is 0 Å². The van der Waals surface area contributed by atoms with Crippen molar-refractivity contribution in [2.24, 2.45) is 5.92 Å². The van der Waals surface area contributed by atoms with Crippen LogP contribution in [0, 0.1) is 5.92 Å². The van der Waals surface area contributed by atoms with E-state index in [1.165, 1.54) is 18.2 Å². The van der Waals surface area contributed by atoms with Crippen LogP contribution >= 0.6 is 15.9 Å². The average Bonchev–Trinajstić information content (AvgIpc) is 2.32. The molecule has 0 saturated carbocycles. The molecule has 0 aromatic heterocycles. The number of phenols is 2. The van der Waals surface area contributed by atoms with E-state index in [9.17, 15) is 15.0 Å². The lowest BCUT2D eigenvalue weighted by Gasteiger charge is -2.08. The predicted molar refractivity (Wildman–Crippen MR) is 74.3 cm³/mol. The molecule has 0 saturated heterocycles. The molecule has 0 aliphatic carbocycles. The summed E-state index contributed by atoms with van der Waals surface area (Å²) < 4.78 is 0. The van der Waals surface area contributed by atoms with Crippen LogP contribution in [0.4, 0.5) is 0 Å². The fourth-order valence-electron chi connectivity index (χ4n) is 1.56. The highest BCUT2D eigenvalue weighted by molar-refractivity contribution is 9.09. The molecule has 18 heavy (non-hydrogen) atoms. The Morgan fingerprint density at radius 3 is 2.50 bits per heavy atom. The number of phenolic OH excluding ortho intramolecular Hbond substituents is 2. The second-order valence-electron chi connectivity index (χ2n) is 4.40. The number of halogens is 1. The molecule has 1 unspecified atom stereocenters. The van der Waals surface area contributed by atoms with Crippen LogP contribution in [-0.2, 0) is 0 Å². The molecule has 3 N–H and O–H groups in total. The summed E-state index contributed by atoms with van der Waals surface area (Å²) in [6.07, 6.45) is 1.94. The monoisotopic (exact) mass is 315 g/mol. The van der Waals surface area contributed by atoms with Crippen molar-refractivity contribution in [3.8, 4) is 11.5 Å². The fraction of sp³-hybridized carbons (Fsp3) is 0.462. The van der Waals surface area contributed by atoms with Gasteiger partial charge in [-0.3, -0.25) is 4.79 Å². The van der Waals surface area contributed by atoms with E-state index in [-0.39, 0.29) is 23.0 Å². The normalized spacial score (nSPS) is 12.1. The smallest absolute Gasteiger partial charge is 0.251 e. The molecule has 0 aliphatic heterocycles. The van der Waals surface area contributed by atoms with E-state index in [2.05, 4.69) is 28.2 Å². The summed E-state index contributed by atoms with van der Waals surface area (Å²) in [6.45, 7) is 2.73. The molecule has 1 aromatic rings. The topological polar surface area (TPSA) is 69.6 Å². The number of hydrogen-bond donors (Lipinski definition) is 3. The number of rotatable bonds is 6. The van der Waals surface area contributed by atoms with Gasteiger partial charge in [-0.25, -0.2) is 0 Å². The lowest BCUT2D eigenvalue weighted by Crippen LogP contribution is -2.24. The summed E-state index contributed by atoms with van der Waals surface area (Å²) in [5.74, 6) is 0.0699. The van der Waals surface area contributed by atoms with E-state index in [0.29, 0.717) is 12.5 Å². The maximum atomic E-state index is 11.7. The summed E-state index contributed by atoms with van der Waals surface area (Å²) in [7, 11) is 0. The van der Waals surface area contributed by atoms with Gasteiger partial charge in [0.2, 0.25) is 0 Å². The molecule has 1 rings (SSSR count). The lowest BCUT2D eigenvalue weighted by atomic mass is 10.1. The van der Waals surface area contributed by atoms with Crippen molar-refractivity contribution in [3.05, 3.63) is 23.8 Å². The molecular formula is C13H18BrNO3. The van der Waals surface area contributed by atoms with E-state index in [4.69, 9.17) is 0 Å². The van der Waals surface area contributed by atoms with Crippen molar-refractivity contribution in [1.29, 1.82) is 0 Å². The first-order chi connectivity index (χ1) is 8.52. The Hall–Kier alpha value is -1.23. The summed E-state index contributed by atoms with van der Waals surface area (Å²) in [6, 6.07) is 3.85. The average molecular weight is 316 g/mol. The van der Waals surface area contributed by atoms with Crippen molar-refractivity contribution in [1.82, 2.24) is 5.32 Å². The van der Waals surface area contributed by atoms with Crippen LogP contribution in [-0.4, -0.2) is 28.0 Å². The first-order valence-corrected chi connectivity index (χ1v) is 7.02. The minimum absolute atomic E-state index is 0.118. The minimum Gasteiger partial charge on any atom is -0.508 e. The zero-order valence-electron chi connectivity index (χ0n) is 10.3. The molecule has 4 nitrogen and oxygen atoms in total. The number of nitrogens with one attached hydrogen (secondary N) is 1. The molecule has 1 amide bonds. The van der Waals surface area contributed by atoms with Crippen molar-refractivity contribution in [2.45, 2.75) is 19.8 Å². The summed E-state index contributed by atoms with van der Waals surface area (Å²) >= 11 is 3.41. The first kappa shape index (κ1) is 14.8. The number of carbonyl (C=O) groups is 1. The maximum absolute atomic E-state index is 11.7. The third-order valence-corrected chi connectivity index (χ3v) is 3.69. The van der Waals surface area contributed by atoms with E-state index in [1.807, 2.05) is 0 Å². The fourth-order valence-corrected chi connectivity index (χ4v) is 1.88. The number of benzene rings is 1. The molecule has 5 heteroatoms. The van der Waals surface area contributed by atoms with E-state index >= 15 is 0 Å². The van der Waals surface area contributed by atoms with Crippen molar-refractivity contribution < 1.29 is 15.0 Å². The zero-order chi connectivity index (χ0) is 13.5. The third kappa shape index (κ3) is 4.96. The quantitative estimate of drug-likeness (QED) is 0.558. The van der Waals surface area contributed by atoms with Gasteiger partial charge in [-0.05, 0) is 30.9 Å². The summed E-state index contributed by atoms with van der Waals surface area (Å²) in [5, 5.41) is 22.3. The standard InChI is InChI=1S/C13H18BrNO3/c1-9(8-14)3-2-4-15-13(18)10-5-11(16)7-12(17)6-10/h5-7,9,16-17H,2-4,8H2,1H3,(H,15,18). The lowest BCUT2D eigenvalue weighted by molar-refractivity contribution is 0.0951. The zero-order valence-corrected chi connectivity index (χ0v) is 11.9. The van der Waals surface area contributed by atoms with Gasteiger partial charge in [-0.1, -0.05) is 22.9 Å². The van der Waals surface area contributed by atoms with Gasteiger partial charge < -0.3 is 15.5 Å². The van der Waals surface area contributed by atoms with Crippen LogP contribution in [0.3, 0.4) is 0 Å². The molecule has 0 heterocycles. The highest BCUT2D eigenvalue weighted by Gasteiger charge is 2.08. The summed E-state index contributed by atoms with van der Waals surface area (Å²) in [5.41, 5.74) is 0.265. The second-order valence-corrected chi connectivity index (χ2v) is 5.04. The Morgan fingerprint density at radius 1 is 1.33 bits per heavy atom. The van der Waals surface area contributed by atoms with Crippen LogP contribution in [0.2, 0.25) is 0 Å². The molecule has 0 fully saturated rings. The first-order valence-electron chi connectivity index (χ1n) is 5.90. The molecule has 1 aromatic carbocycles. The Balaban J connectivity index is 2.41. The van der Waals surface area contributed by atoms with Gasteiger partial charge in [0.05, 0.1) is 0 Å².